The topological polar surface area (TPSA) is 46.0 Å². The minimum absolute atomic E-state index is 0.578. The van der Waals surface area contributed by atoms with Crippen LogP contribution in [0.2, 0.25) is 0 Å². The summed E-state index contributed by atoms with van der Waals surface area (Å²) in [5.41, 5.74) is 2.39. The lowest BCUT2D eigenvalue weighted by atomic mass is 10.1. The summed E-state index contributed by atoms with van der Waals surface area (Å²) < 4.78 is 1.78. The SMILES string of the molecule is C[C@H]1CNC[C@H](C)N1Cc1ccc(-n2cncn2)cc1. The molecule has 0 saturated carbocycles. The van der Waals surface area contributed by atoms with Gasteiger partial charge in [-0.15, -0.1) is 0 Å². The van der Waals surface area contributed by atoms with E-state index in [4.69, 9.17) is 0 Å². The Balaban J connectivity index is 1.71. The maximum absolute atomic E-state index is 4.14. The van der Waals surface area contributed by atoms with Crippen LogP contribution in [-0.2, 0) is 6.54 Å². The summed E-state index contributed by atoms with van der Waals surface area (Å²) in [5.74, 6) is 0. The van der Waals surface area contributed by atoms with E-state index in [1.165, 1.54) is 5.56 Å². The molecule has 5 nitrogen and oxygen atoms in total. The second-order valence-corrected chi connectivity index (χ2v) is 5.54. The van der Waals surface area contributed by atoms with Gasteiger partial charge in [0.15, 0.2) is 0 Å². The molecule has 2 atom stereocenters. The normalized spacial score (nSPS) is 23.9. The van der Waals surface area contributed by atoms with Crippen LogP contribution in [-0.4, -0.2) is 44.8 Å². The van der Waals surface area contributed by atoms with Crippen molar-refractivity contribution in [2.45, 2.75) is 32.5 Å². The van der Waals surface area contributed by atoms with Crippen LogP contribution in [0.15, 0.2) is 36.9 Å². The monoisotopic (exact) mass is 271 g/mol. The minimum atomic E-state index is 0.578. The summed E-state index contributed by atoms with van der Waals surface area (Å²) >= 11 is 0. The second-order valence-electron chi connectivity index (χ2n) is 5.54. The lowest BCUT2D eigenvalue weighted by Gasteiger charge is -2.39. The van der Waals surface area contributed by atoms with Crippen LogP contribution < -0.4 is 5.32 Å². The Hall–Kier alpha value is -1.72. The highest BCUT2D eigenvalue weighted by atomic mass is 15.3. The molecule has 1 aromatic heterocycles. The van der Waals surface area contributed by atoms with Crippen LogP contribution in [0.25, 0.3) is 5.69 Å². The summed E-state index contributed by atoms with van der Waals surface area (Å²) in [6.45, 7) is 7.71. The molecule has 0 radical (unpaired) electrons. The fourth-order valence-corrected chi connectivity index (χ4v) is 2.79. The summed E-state index contributed by atoms with van der Waals surface area (Å²) in [7, 11) is 0. The van der Waals surface area contributed by atoms with Gasteiger partial charge in [0.1, 0.15) is 12.7 Å². The molecule has 2 aromatic rings. The Morgan fingerprint density at radius 3 is 2.45 bits per heavy atom. The van der Waals surface area contributed by atoms with Crippen LogP contribution in [0.4, 0.5) is 0 Å². The molecule has 20 heavy (non-hydrogen) atoms. The largest absolute Gasteiger partial charge is 0.314 e. The van der Waals surface area contributed by atoms with Crippen molar-refractivity contribution in [1.82, 2.24) is 25.0 Å². The van der Waals surface area contributed by atoms with E-state index in [0.717, 1.165) is 25.3 Å². The Morgan fingerprint density at radius 2 is 1.85 bits per heavy atom. The smallest absolute Gasteiger partial charge is 0.138 e. The van der Waals surface area contributed by atoms with E-state index in [-0.39, 0.29) is 0 Å². The molecule has 0 bridgehead atoms. The van der Waals surface area contributed by atoms with E-state index in [0.29, 0.717) is 12.1 Å². The molecule has 1 fully saturated rings. The Kier molecular flexibility index (Phi) is 3.80. The molecule has 0 spiro atoms. The maximum Gasteiger partial charge on any atom is 0.138 e. The number of rotatable bonds is 3. The average molecular weight is 271 g/mol. The zero-order valence-electron chi connectivity index (χ0n) is 12.0. The van der Waals surface area contributed by atoms with Crippen molar-refractivity contribution in [2.75, 3.05) is 13.1 Å². The summed E-state index contributed by atoms with van der Waals surface area (Å²) in [6, 6.07) is 9.71. The van der Waals surface area contributed by atoms with E-state index in [9.17, 15) is 0 Å². The van der Waals surface area contributed by atoms with Crippen molar-refractivity contribution in [2.24, 2.45) is 0 Å². The van der Waals surface area contributed by atoms with E-state index < -0.39 is 0 Å². The maximum atomic E-state index is 4.14. The molecular formula is C15H21N5. The van der Waals surface area contributed by atoms with Crippen LogP contribution in [0, 0.1) is 0 Å². The van der Waals surface area contributed by atoms with Crippen LogP contribution >= 0.6 is 0 Å². The number of benzene rings is 1. The second kappa shape index (κ2) is 5.73. The van der Waals surface area contributed by atoms with Crippen molar-refractivity contribution in [3.8, 4) is 5.69 Å². The first-order valence-electron chi connectivity index (χ1n) is 7.14. The summed E-state index contributed by atoms with van der Waals surface area (Å²) in [4.78, 5) is 6.53. The third-order valence-electron chi connectivity index (χ3n) is 4.00. The summed E-state index contributed by atoms with van der Waals surface area (Å²) in [5, 5.41) is 7.61. The zero-order valence-corrected chi connectivity index (χ0v) is 12.0. The number of nitrogens with one attached hydrogen (secondary N) is 1. The van der Waals surface area contributed by atoms with E-state index in [1.807, 2.05) is 0 Å². The molecule has 0 amide bonds. The molecule has 1 aromatic carbocycles. The number of piperazine rings is 1. The molecule has 1 saturated heterocycles. The molecule has 0 aliphatic carbocycles. The molecule has 5 heteroatoms. The van der Waals surface area contributed by atoms with Crippen LogP contribution in [0.5, 0.6) is 0 Å². The highest BCUT2D eigenvalue weighted by molar-refractivity contribution is 5.33. The third kappa shape index (κ3) is 2.73. The van der Waals surface area contributed by atoms with Crippen LogP contribution in [0.3, 0.4) is 0 Å². The lowest BCUT2D eigenvalue weighted by molar-refractivity contribution is 0.109. The minimum Gasteiger partial charge on any atom is -0.314 e. The molecule has 106 valence electrons. The first-order chi connectivity index (χ1) is 9.74. The predicted octanol–water partition coefficient (Wildman–Crippen LogP) is 1.45. The van der Waals surface area contributed by atoms with Gasteiger partial charge >= 0.3 is 0 Å². The number of nitrogens with zero attached hydrogens (tertiary/aromatic N) is 4. The fourth-order valence-electron chi connectivity index (χ4n) is 2.79. The van der Waals surface area contributed by atoms with E-state index in [1.54, 1.807) is 17.3 Å². The van der Waals surface area contributed by atoms with Gasteiger partial charge in [0.25, 0.3) is 0 Å². The highest BCUT2D eigenvalue weighted by Crippen LogP contribution is 2.16. The van der Waals surface area contributed by atoms with E-state index >= 15 is 0 Å². The Morgan fingerprint density at radius 1 is 1.15 bits per heavy atom. The molecule has 2 heterocycles. The summed E-state index contributed by atoms with van der Waals surface area (Å²) in [6.07, 6.45) is 3.27. The number of aromatic nitrogens is 3. The van der Waals surface area contributed by atoms with Crippen molar-refractivity contribution < 1.29 is 0 Å². The molecule has 1 N–H and O–H groups in total. The van der Waals surface area contributed by atoms with Gasteiger partial charge in [-0.3, -0.25) is 4.90 Å². The molecule has 0 unspecified atom stereocenters. The highest BCUT2D eigenvalue weighted by Gasteiger charge is 2.24. The van der Waals surface area contributed by atoms with Gasteiger partial charge in [-0.2, -0.15) is 5.10 Å². The Bertz CT molecular complexity index is 524. The first-order valence-corrected chi connectivity index (χ1v) is 7.14. The van der Waals surface area contributed by atoms with Crippen molar-refractivity contribution >= 4 is 0 Å². The van der Waals surface area contributed by atoms with Crippen LogP contribution in [0.1, 0.15) is 19.4 Å². The molecule has 3 rings (SSSR count). The van der Waals surface area contributed by atoms with E-state index in [2.05, 4.69) is 58.4 Å². The average Bonchev–Trinajstić information content (AvgIpc) is 2.98. The molecular weight excluding hydrogens is 250 g/mol. The quantitative estimate of drug-likeness (QED) is 0.918. The van der Waals surface area contributed by atoms with Gasteiger partial charge in [-0.05, 0) is 31.5 Å². The number of hydrogen-bond acceptors (Lipinski definition) is 4. The molecule has 1 aliphatic heterocycles. The van der Waals surface area contributed by atoms with Gasteiger partial charge in [-0.25, -0.2) is 9.67 Å². The van der Waals surface area contributed by atoms with Crippen molar-refractivity contribution in [3.05, 3.63) is 42.5 Å². The van der Waals surface area contributed by atoms with Crippen molar-refractivity contribution in [3.63, 3.8) is 0 Å². The van der Waals surface area contributed by atoms with Gasteiger partial charge in [-0.1, -0.05) is 12.1 Å². The lowest BCUT2D eigenvalue weighted by Crippen LogP contribution is -2.54. The Labute approximate surface area is 119 Å². The van der Waals surface area contributed by atoms with Gasteiger partial charge in [0, 0.05) is 31.7 Å². The zero-order chi connectivity index (χ0) is 13.9. The predicted molar refractivity (Wildman–Crippen MR) is 78.7 cm³/mol. The fraction of sp³-hybridized carbons (Fsp3) is 0.467. The number of hydrogen-bond donors (Lipinski definition) is 1. The van der Waals surface area contributed by atoms with Gasteiger partial charge in [0.05, 0.1) is 5.69 Å². The van der Waals surface area contributed by atoms with Gasteiger partial charge in [0.2, 0.25) is 0 Å². The van der Waals surface area contributed by atoms with Crippen molar-refractivity contribution in [1.29, 1.82) is 0 Å². The standard InChI is InChI=1S/C15H21N5/c1-12-7-16-8-13(2)19(12)9-14-3-5-15(6-4-14)20-11-17-10-18-20/h3-6,10-13,16H,7-9H2,1-2H3/t12-,13-/m0/s1. The third-order valence-corrected chi connectivity index (χ3v) is 4.00. The van der Waals surface area contributed by atoms with Gasteiger partial charge < -0.3 is 5.32 Å². The molecule has 1 aliphatic rings. The first kappa shape index (κ1) is 13.3.